The third kappa shape index (κ3) is 3.46. The SMILES string of the molecule is CCN(c1ccccc1)S(=O)(=O)c1ccc(NC(C)=O)cc1. The molecule has 116 valence electrons. The molecule has 0 fully saturated rings. The van der Waals surface area contributed by atoms with Crippen LogP contribution < -0.4 is 9.62 Å². The predicted molar refractivity (Wildman–Crippen MR) is 87.4 cm³/mol. The third-order valence-corrected chi connectivity index (χ3v) is 5.01. The van der Waals surface area contributed by atoms with Crippen molar-refractivity contribution in [1.29, 1.82) is 0 Å². The first-order valence-corrected chi connectivity index (χ1v) is 8.34. The van der Waals surface area contributed by atoms with E-state index in [0.717, 1.165) is 0 Å². The van der Waals surface area contributed by atoms with Gasteiger partial charge in [-0.25, -0.2) is 8.42 Å². The second kappa shape index (κ2) is 6.62. The standard InChI is InChI=1S/C16H18N2O3S/c1-3-18(15-7-5-4-6-8-15)22(20,21)16-11-9-14(10-12-16)17-13(2)19/h4-12H,3H2,1-2H3,(H,17,19). The second-order valence-electron chi connectivity index (χ2n) is 4.71. The number of hydrogen-bond donors (Lipinski definition) is 1. The summed E-state index contributed by atoms with van der Waals surface area (Å²) in [6, 6.07) is 15.1. The zero-order chi connectivity index (χ0) is 16.2. The molecule has 2 aromatic rings. The quantitative estimate of drug-likeness (QED) is 0.922. The van der Waals surface area contributed by atoms with E-state index in [0.29, 0.717) is 17.9 Å². The molecule has 0 saturated heterocycles. The summed E-state index contributed by atoms with van der Waals surface area (Å²) in [5, 5.41) is 2.61. The Bertz CT molecular complexity index is 741. The maximum atomic E-state index is 12.7. The van der Waals surface area contributed by atoms with Crippen LogP contribution in [-0.2, 0) is 14.8 Å². The molecule has 1 N–H and O–H groups in total. The maximum Gasteiger partial charge on any atom is 0.264 e. The molecule has 5 nitrogen and oxygen atoms in total. The molecule has 0 aliphatic carbocycles. The minimum atomic E-state index is -3.63. The molecule has 0 radical (unpaired) electrons. The van der Waals surface area contributed by atoms with Crippen LogP contribution in [0.25, 0.3) is 0 Å². The summed E-state index contributed by atoms with van der Waals surface area (Å²) in [6.07, 6.45) is 0. The van der Waals surface area contributed by atoms with Crippen LogP contribution in [0.3, 0.4) is 0 Å². The summed E-state index contributed by atoms with van der Waals surface area (Å²) in [6.45, 7) is 3.52. The summed E-state index contributed by atoms with van der Waals surface area (Å²) in [7, 11) is -3.63. The summed E-state index contributed by atoms with van der Waals surface area (Å²) in [5.74, 6) is -0.199. The Morgan fingerprint density at radius 1 is 1.05 bits per heavy atom. The number of carbonyl (C=O) groups is 1. The van der Waals surface area contributed by atoms with Gasteiger partial charge in [-0.2, -0.15) is 0 Å². The first-order valence-electron chi connectivity index (χ1n) is 6.90. The van der Waals surface area contributed by atoms with Crippen LogP contribution in [0.5, 0.6) is 0 Å². The van der Waals surface area contributed by atoms with Gasteiger partial charge < -0.3 is 5.32 Å². The summed E-state index contributed by atoms with van der Waals surface area (Å²) in [5.41, 5.74) is 1.19. The zero-order valence-corrected chi connectivity index (χ0v) is 13.3. The Balaban J connectivity index is 2.34. The van der Waals surface area contributed by atoms with Crippen LogP contribution >= 0.6 is 0 Å². The lowest BCUT2D eigenvalue weighted by atomic mass is 10.3. The molecule has 0 aliphatic rings. The van der Waals surface area contributed by atoms with Gasteiger partial charge in [0.15, 0.2) is 0 Å². The van der Waals surface area contributed by atoms with Crippen molar-refractivity contribution in [3.63, 3.8) is 0 Å². The highest BCUT2D eigenvalue weighted by Crippen LogP contribution is 2.24. The van der Waals surface area contributed by atoms with Crippen LogP contribution in [0.2, 0.25) is 0 Å². The summed E-state index contributed by atoms with van der Waals surface area (Å²) < 4.78 is 26.8. The predicted octanol–water partition coefficient (Wildman–Crippen LogP) is 2.86. The van der Waals surface area contributed by atoms with Crippen LogP contribution in [0.1, 0.15) is 13.8 Å². The third-order valence-electron chi connectivity index (χ3n) is 3.09. The molecule has 0 aromatic heterocycles. The molecule has 0 heterocycles. The Morgan fingerprint density at radius 3 is 2.14 bits per heavy atom. The number of benzene rings is 2. The van der Waals surface area contributed by atoms with E-state index in [4.69, 9.17) is 0 Å². The second-order valence-corrected chi connectivity index (χ2v) is 6.57. The number of carbonyl (C=O) groups excluding carboxylic acids is 1. The van der Waals surface area contributed by atoms with Crippen LogP contribution in [-0.4, -0.2) is 20.9 Å². The number of para-hydroxylation sites is 1. The number of nitrogens with one attached hydrogen (secondary N) is 1. The molecule has 6 heteroatoms. The molecule has 0 atom stereocenters. The van der Waals surface area contributed by atoms with Gasteiger partial charge in [0.05, 0.1) is 10.6 Å². The van der Waals surface area contributed by atoms with Gasteiger partial charge in [0, 0.05) is 19.2 Å². The minimum absolute atomic E-state index is 0.187. The van der Waals surface area contributed by atoms with Gasteiger partial charge in [0.2, 0.25) is 5.91 Å². The van der Waals surface area contributed by atoms with Gasteiger partial charge in [-0.05, 0) is 43.3 Å². The highest BCUT2D eigenvalue weighted by molar-refractivity contribution is 7.92. The number of rotatable bonds is 5. The van der Waals surface area contributed by atoms with Crippen LogP contribution in [0.4, 0.5) is 11.4 Å². The molecule has 0 aliphatic heterocycles. The van der Waals surface area contributed by atoms with Crippen molar-refractivity contribution in [3.8, 4) is 0 Å². The first-order chi connectivity index (χ1) is 10.4. The average molecular weight is 318 g/mol. The topological polar surface area (TPSA) is 66.5 Å². The van der Waals surface area contributed by atoms with E-state index in [-0.39, 0.29) is 10.8 Å². The lowest BCUT2D eigenvalue weighted by Crippen LogP contribution is -2.30. The monoisotopic (exact) mass is 318 g/mol. The molecule has 0 unspecified atom stereocenters. The molecular formula is C16H18N2O3S. The molecule has 1 amide bonds. The van der Waals surface area contributed by atoms with Crippen molar-refractivity contribution in [3.05, 3.63) is 54.6 Å². The number of amides is 1. The number of sulfonamides is 1. The molecule has 22 heavy (non-hydrogen) atoms. The largest absolute Gasteiger partial charge is 0.326 e. The maximum absolute atomic E-state index is 12.7. The van der Waals surface area contributed by atoms with E-state index in [2.05, 4.69) is 5.32 Å². The summed E-state index contributed by atoms with van der Waals surface area (Å²) in [4.78, 5) is 11.2. The van der Waals surface area contributed by atoms with E-state index < -0.39 is 10.0 Å². The number of anilines is 2. The van der Waals surface area contributed by atoms with Crippen molar-refractivity contribution in [1.82, 2.24) is 0 Å². The average Bonchev–Trinajstić information content (AvgIpc) is 2.49. The van der Waals surface area contributed by atoms with Crippen LogP contribution in [0, 0.1) is 0 Å². The lowest BCUT2D eigenvalue weighted by Gasteiger charge is -2.23. The van der Waals surface area contributed by atoms with E-state index in [1.165, 1.54) is 23.4 Å². The van der Waals surface area contributed by atoms with E-state index >= 15 is 0 Å². The molecular weight excluding hydrogens is 300 g/mol. The van der Waals surface area contributed by atoms with E-state index in [1.807, 2.05) is 6.07 Å². The van der Waals surface area contributed by atoms with Crippen LogP contribution in [0.15, 0.2) is 59.5 Å². The Labute approximate surface area is 130 Å². The Kier molecular flexibility index (Phi) is 4.82. The van der Waals surface area contributed by atoms with Gasteiger partial charge in [-0.15, -0.1) is 0 Å². The summed E-state index contributed by atoms with van der Waals surface area (Å²) >= 11 is 0. The van der Waals surface area contributed by atoms with Gasteiger partial charge in [0.1, 0.15) is 0 Å². The fourth-order valence-corrected chi connectivity index (χ4v) is 3.60. The van der Waals surface area contributed by atoms with Gasteiger partial charge in [-0.3, -0.25) is 9.10 Å². The minimum Gasteiger partial charge on any atom is -0.326 e. The fraction of sp³-hybridized carbons (Fsp3) is 0.188. The zero-order valence-electron chi connectivity index (χ0n) is 12.5. The smallest absolute Gasteiger partial charge is 0.264 e. The van der Waals surface area contributed by atoms with Gasteiger partial charge in [0.25, 0.3) is 10.0 Å². The highest BCUT2D eigenvalue weighted by Gasteiger charge is 2.23. The van der Waals surface area contributed by atoms with Gasteiger partial charge >= 0.3 is 0 Å². The normalized spacial score (nSPS) is 11.0. The van der Waals surface area contributed by atoms with Crippen molar-refractivity contribution < 1.29 is 13.2 Å². The van der Waals surface area contributed by atoms with Crippen molar-refractivity contribution >= 4 is 27.3 Å². The molecule has 0 spiro atoms. The highest BCUT2D eigenvalue weighted by atomic mass is 32.2. The number of hydrogen-bond acceptors (Lipinski definition) is 3. The number of nitrogens with zero attached hydrogens (tertiary/aromatic N) is 1. The molecule has 0 bridgehead atoms. The first kappa shape index (κ1) is 16.0. The van der Waals surface area contributed by atoms with Crippen molar-refractivity contribution in [2.45, 2.75) is 18.7 Å². The van der Waals surface area contributed by atoms with E-state index in [1.54, 1.807) is 43.3 Å². The molecule has 0 saturated carbocycles. The Hall–Kier alpha value is -2.34. The fourth-order valence-electron chi connectivity index (χ4n) is 2.13. The molecule has 2 aromatic carbocycles. The van der Waals surface area contributed by atoms with Crippen molar-refractivity contribution in [2.75, 3.05) is 16.2 Å². The van der Waals surface area contributed by atoms with E-state index in [9.17, 15) is 13.2 Å². The van der Waals surface area contributed by atoms with Crippen molar-refractivity contribution in [2.24, 2.45) is 0 Å². The van der Waals surface area contributed by atoms with Gasteiger partial charge in [-0.1, -0.05) is 18.2 Å². The lowest BCUT2D eigenvalue weighted by molar-refractivity contribution is -0.114. The Morgan fingerprint density at radius 2 is 1.64 bits per heavy atom. The molecule has 2 rings (SSSR count).